The largest absolute Gasteiger partial charge is 0.456 e. The molecule has 1 aromatic carbocycles. The SMILES string of the molecule is CSc1nc(C)c(CCC(=O)OCC(=O)N(CCC#N)c2ccccc2)c(C)n1. The summed E-state index contributed by atoms with van der Waals surface area (Å²) in [5.41, 5.74) is 3.28. The van der Waals surface area contributed by atoms with Crippen LogP contribution in [0.25, 0.3) is 0 Å². The monoisotopic (exact) mass is 412 g/mol. The van der Waals surface area contributed by atoms with Gasteiger partial charge in [-0.3, -0.25) is 9.59 Å². The van der Waals surface area contributed by atoms with Crippen molar-refractivity contribution in [3.63, 3.8) is 0 Å². The molecule has 0 unspecified atom stereocenters. The van der Waals surface area contributed by atoms with Crippen molar-refractivity contribution in [1.29, 1.82) is 5.26 Å². The Morgan fingerprint density at radius 3 is 2.41 bits per heavy atom. The van der Waals surface area contributed by atoms with Gasteiger partial charge in [-0.05, 0) is 44.2 Å². The number of ether oxygens (including phenoxy) is 1. The number of carbonyl (C=O) groups excluding carboxylic acids is 2. The zero-order chi connectivity index (χ0) is 21.2. The minimum absolute atomic E-state index is 0.139. The number of amides is 1. The lowest BCUT2D eigenvalue weighted by molar-refractivity contribution is -0.147. The summed E-state index contributed by atoms with van der Waals surface area (Å²) in [7, 11) is 0. The molecular weight excluding hydrogens is 388 g/mol. The molecule has 0 aliphatic carbocycles. The van der Waals surface area contributed by atoms with Gasteiger partial charge in [0.2, 0.25) is 0 Å². The van der Waals surface area contributed by atoms with Gasteiger partial charge in [0.25, 0.3) is 5.91 Å². The van der Waals surface area contributed by atoms with Crippen molar-refractivity contribution in [2.45, 2.75) is 38.3 Å². The molecule has 2 rings (SSSR count). The molecular formula is C21H24N4O3S. The van der Waals surface area contributed by atoms with Crippen LogP contribution >= 0.6 is 11.8 Å². The van der Waals surface area contributed by atoms with E-state index in [9.17, 15) is 9.59 Å². The van der Waals surface area contributed by atoms with Gasteiger partial charge >= 0.3 is 5.97 Å². The van der Waals surface area contributed by atoms with Crippen molar-refractivity contribution in [3.8, 4) is 6.07 Å². The Morgan fingerprint density at radius 2 is 1.83 bits per heavy atom. The van der Waals surface area contributed by atoms with Crippen molar-refractivity contribution >= 4 is 29.3 Å². The summed E-state index contributed by atoms with van der Waals surface area (Å²) in [6, 6.07) is 11.0. The molecule has 0 fully saturated rings. The fourth-order valence-electron chi connectivity index (χ4n) is 2.85. The van der Waals surface area contributed by atoms with Gasteiger partial charge in [0.1, 0.15) is 0 Å². The first kappa shape index (κ1) is 22.4. The third-order valence-electron chi connectivity index (χ3n) is 4.33. The summed E-state index contributed by atoms with van der Waals surface area (Å²) >= 11 is 1.47. The number of thioether (sulfide) groups is 1. The number of benzene rings is 1. The molecule has 1 heterocycles. The maximum absolute atomic E-state index is 12.5. The number of para-hydroxylation sites is 1. The molecule has 8 heteroatoms. The van der Waals surface area contributed by atoms with Crippen molar-refractivity contribution in [2.24, 2.45) is 0 Å². The molecule has 29 heavy (non-hydrogen) atoms. The number of hydrogen-bond donors (Lipinski definition) is 0. The smallest absolute Gasteiger partial charge is 0.306 e. The second-order valence-electron chi connectivity index (χ2n) is 6.31. The molecule has 1 amide bonds. The van der Waals surface area contributed by atoms with Crippen molar-refractivity contribution in [3.05, 3.63) is 47.3 Å². The second kappa shape index (κ2) is 11.2. The van der Waals surface area contributed by atoms with E-state index < -0.39 is 5.97 Å². The minimum atomic E-state index is -0.459. The van der Waals surface area contributed by atoms with Crippen molar-refractivity contribution < 1.29 is 14.3 Å². The molecule has 152 valence electrons. The first-order valence-electron chi connectivity index (χ1n) is 9.22. The molecule has 0 saturated carbocycles. The van der Waals surface area contributed by atoms with Crippen LogP contribution in [0.1, 0.15) is 29.8 Å². The first-order valence-corrected chi connectivity index (χ1v) is 10.4. The number of rotatable bonds is 9. The lowest BCUT2D eigenvalue weighted by Gasteiger charge is -2.21. The van der Waals surface area contributed by atoms with Crippen LogP contribution in [0.2, 0.25) is 0 Å². The van der Waals surface area contributed by atoms with Crippen LogP contribution in [0.4, 0.5) is 5.69 Å². The molecule has 0 aliphatic rings. The normalized spacial score (nSPS) is 10.3. The van der Waals surface area contributed by atoms with Gasteiger partial charge in [-0.15, -0.1) is 0 Å². The van der Waals surface area contributed by atoms with E-state index in [-0.39, 0.29) is 31.9 Å². The van der Waals surface area contributed by atoms with E-state index in [1.807, 2.05) is 44.4 Å². The van der Waals surface area contributed by atoms with Gasteiger partial charge in [0.05, 0.1) is 12.5 Å². The Morgan fingerprint density at radius 1 is 1.17 bits per heavy atom. The fraction of sp³-hybridized carbons (Fsp3) is 0.381. The number of nitrogens with zero attached hydrogens (tertiary/aromatic N) is 4. The topological polar surface area (TPSA) is 96.2 Å². The molecule has 0 aliphatic heterocycles. The summed E-state index contributed by atoms with van der Waals surface area (Å²) in [5.74, 6) is -0.820. The maximum Gasteiger partial charge on any atom is 0.306 e. The van der Waals surface area contributed by atoms with Gasteiger partial charge < -0.3 is 9.64 Å². The zero-order valence-corrected chi connectivity index (χ0v) is 17.7. The Kier molecular flexibility index (Phi) is 8.62. The van der Waals surface area contributed by atoms with E-state index in [1.165, 1.54) is 16.7 Å². The Balaban J connectivity index is 1.92. The maximum atomic E-state index is 12.5. The number of carbonyl (C=O) groups is 2. The van der Waals surface area contributed by atoms with Gasteiger partial charge in [0.15, 0.2) is 11.8 Å². The average Bonchev–Trinajstić information content (AvgIpc) is 2.72. The number of anilines is 1. The van der Waals surface area contributed by atoms with Crippen molar-refractivity contribution in [1.82, 2.24) is 9.97 Å². The number of esters is 1. The number of aryl methyl sites for hydroxylation is 2. The average molecular weight is 413 g/mol. The van der Waals surface area contributed by atoms with E-state index in [4.69, 9.17) is 10.00 Å². The standard InChI is InChI=1S/C21H24N4O3S/c1-15-18(16(2)24-21(23-15)29-3)10-11-20(27)28-14-19(26)25(13-7-12-22)17-8-5-4-6-9-17/h4-6,8-9H,7,10-11,13-14H2,1-3H3. The number of aromatic nitrogens is 2. The van der Waals surface area contributed by atoms with Crippen LogP contribution < -0.4 is 4.90 Å². The Bertz CT molecular complexity index is 874. The zero-order valence-electron chi connectivity index (χ0n) is 16.8. The third-order valence-corrected chi connectivity index (χ3v) is 4.88. The van der Waals surface area contributed by atoms with Crippen LogP contribution in [0.5, 0.6) is 0 Å². The summed E-state index contributed by atoms with van der Waals surface area (Å²) < 4.78 is 5.17. The van der Waals surface area contributed by atoms with E-state index in [0.29, 0.717) is 17.3 Å². The summed E-state index contributed by atoms with van der Waals surface area (Å²) in [6.07, 6.45) is 2.70. The molecule has 1 aromatic heterocycles. The van der Waals surface area contributed by atoms with Gasteiger partial charge in [-0.2, -0.15) is 5.26 Å². The Hall–Kier alpha value is -2.92. The predicted molar refractivity (Wildman–Crippen MR) is 112 cm³/mol. The summed E-state index contributed by atoms with van der Waals surface area (Å²) in [5, 5.41) is 9.54. The quantitative estimate of drug-likeness (QED) is 0.354. The molecule has 0 radical (unpaired) electrons. The fourth-order valence-corrected chi connectivity index (χ4v) is 3.31. The third kappa shape index (κ3) is 6.57. The highest BCUT2D eigenvalue weighted by Crippen LogP contribution is 2.18. The molecule has 0 N–H and O–H groups in total. The van der Waals surface area contributed by atoms with Gasteiger partial charge in [0, 0.05) is 30.0 Å². The Labute approximate surface area is 175 Å². The number of nitriles is 1. The lowest BCUT2D eigenvalue weighted by Crippen LogP contribution is -2.35. The van der Waals surface area contributed by atoms with Crippen LogP contribution in [-0.4, -0.2) is 41.3 Å². The molecule has 0 spiro atoms. The van der Waals surface area contributed by atoms with Gasteiger partial charge in [-0.25, -0.2) is 9.97 Å². The molecule has 2 aromatic rings. The van der Waals surface area contributed by atoms with E-state index in [1.54, 1.807) is 12.1 Å². The molecule has 7 nitrogen and oxygen atoms in total. The summed E-state index contributed by atoms with van der Waals surface area (Å²) in [4.78, 5) is 34.9. The predicted octanol–water partition coefficient (Wildman–Crippen LogP) is 3.24. The molecule has 0 bridgehead atoms. The van der Waals surface area contributed by atoms with Crippen LogP contribution in [0.3, 0.4) is 0 Å². The van der Waals surface area contributed by atoms with Crippen molar-refractivity contribution in [2.75, 3.05) is 24.3 Å². The highest BCUT2D eigenvalue weighted by Gasteiger charge is 2.18. The lowest BCUT2D eigenvalue weighted by atomic mass is 10.1. The van der Waals surface area contributed by atoms with E-state index >= 15 is 0 Å². The minimum Gasteiger partial charge on any atom is -0.456 e. The first-order chi connectivity index (χ1) is 14.0. The molecule has 0 atom stereocenters. The highest BCUT2D eigenvalue weighted by molar-refractivity contribution is 7.98. The second-order valence-corrected chi connectivity index (χ2v) is 7.08. The van der Waals surface area contributed by atoms with Crippen LogP contribution in [0.15, 0.2) is 35.5 Å². The highest BCUT2D eigenvalue weighted by atomic mass is 32.2. The van der Waals surface area contributed by atoms with E-state index in [0.717, 1.165) is 17.0 Å². The van der Waals surface area contributed by atoms with Crippen LogP contribution in [0, 0.1) is 25.2 Å². The molecule has 0 saturated heterocycles. The summed E-state index contributed by atoms with van der Waals surface area (Å²) in [6.45, 7) is 3.67. The number of hydrogen-bond acceptors (Lipinski definition) is 7. The van der Waals surface area contributed by atoms with Gasteiger partial charge in [-0.1, -0.05) is 30.0 Å². The van der Waals surface area contributed by atoms with Crippen LogP contribution in [-0.2, 0) is 20.7 Å². The van der Waals surface area contributed by atoms with E-state index in [2.05, 4.69) is 9.97 Å².